The molecular weight excluding hydrogens is 529 g/mol. The molecular formula is C24H27F3N4O4S2. The highest BCUT2D eigenvalue weighted by atomic mass is 32.3. The number of halogens is 3. The fourth-order valence-corrected chi connectivity index (χ4v) is 8.03. The molecule has 0 saturated carbocycles. The van der Waals surface area contributed by atoms with Crippen molar-refractivity contribution in [2.45, 2.75) is 51.3 Å². The van der Waals surface area contributed by atoms with Crippen molar-refractivity contribution in [1.82, 2.24) is 20.1 Å². The van der Waals surface area contributed by atoms with E-state index in [1.165, 1.54) is 17.4 Å². The van der Waals surface area contributed by atoms with Crippen LogP contribution in [0.3, 0.4) is 0 Å². The van der Waals surface area contributed by atoms with Gasteiger partial charge >= 0.3 is 6.61 Å². The molecule has 13 heteroatoms. The van der Waals surface area contributed by atoms with Gasteiger partial charge in [0.1, 0.15) is 22.6 Å². The lowest BCUT2D eigenvalue weighted by atomic mass is 9.84. The van der Waals surface area contributed by atoms with Crippen LogP contribution in [0.25, 0.3) is 11.3 Å². The summed E-state index contributed by atoms with van der Waals surface area (Å²) in [5.41, 5.74) is 1.23. The number of carbonyl (C=O) groups is 1. The molecule has 1 aromatic carbocycles. The third-order valence-corrected chi connectivity index (χ3v) is 9.93. The number of nitrogens with one attached hydrogen (secondary N) is 1. The third-order valence-electron chi connectivity index (χ3n) is 6.79. The van der Waals surface area contributed by atoms with Crippen LogP contribution in [-0.2, 0) is 17.6 Å². The van der Waals surface area contributed by atoms with E-state index in [1.807, 2.05) is 12.3 Å². The standard InChI is InChI=1S/C24H27F3N4O4S2/c1-13(22-28-7-8-36-22)31-19-9-14(21(32)29-24(2)11-37(33,34)12-24)3-5-16(19)20(30-31)17-10-15(35-23(26)27)4-6-18(17)25/h4,6-8,10,13-14,23,33-34H,3,5,9,11-12H2,1-2H3,(H,29,32)/t13?,14-/m1/s1. The molecule has 1 unspecified atom stereocenters. The van der Waals surface area contributed by atoms with Crippen molar-refractivity contribution in [2.24, 2.45) is 5.92 Å². The molecule has 2 aliphatic rings. The van der Waals surface area contributed by atoms with Gasteiger partial charge in [0.15, 0.2) is 0 Å². The van der Waals surface area contributed by atoms with Crippen LogP contribution in [-0.4, -0.2) is 53.4 Å². The molecule has 8 nitrogen and oxygen atoms in total. The number of fused-ring (bicyclic) bond motifs is 1. The Bertz CT molecular complexity index is 1310. The molecule has 1 amide bonds. The van der Waals surface area contributed by atoms with Gasteiger partial charge in [-0.3, -0.25) is 18.6 Å². The molecule has 200 valence electrons. The summed E-state index contributed by atoms with van der Waals surface area (Å²) in [6.07, 6.45) is 2.92. The quantitative estimate of drug-likeness (QED) is 0.374. The van der Waals surface area contributed by atoms with Gasteiger partial charge in [-0.25, -0.2) is 9.37 Å². The van der Waals surface area contributed by atoms with Crippen LogP contribution >= 0.6 is 21.9 Å². The Morgan fingerprint density at radius 2 is 2.11 bits per heavy atom. The Hall–Kier alpha value is -2.61. The van der Waals surface area contributed by atoms with Crippen molar-refractivity contribution < 1.29 is 31.8 Å². The van der Waals surface area contributed by atoms with Gasteiger partial charge in [-0.1, -0.05) is 0 Å². The Morgan fingerprint density at radius 3 is 2.76 bits per heavy atom. The molecule has 37 heavy (non-hydrogen) atoms. The van der Waals surface area contributed by atoms with Gasteiger partial charge in [0.2, 0.25) is 5.91 Å². The molecule has 1 fully saturated rings. The van der Waals surface area contributed by atoms with E-state index in [0.29, 0.717) is 25.0 Å². The van der Waals surface area contributed by atoms with Crippen molar-refractivity contribution in [3.05, 3.63) is 51.9 Å². The molecule has 1 saturated heterocycles. The average Bonchev–Trinajstić information content (AvgIpc) is 3.46. The lowest BCUT2D eigenvalue weighted by Crippen LogP contribution is -2.62. The highest BCUT2D eigenvalue weighted by Gasteiger charge is 2.46. The topological polar surface area (TPSA) is 110 Å². The minimum absolute atomic E-state index is 0.0505. The van der Waals surface area contributed by atoms with Crippen LogP contribution in [0.5, 0.6) is 5.75 Å². The molecule has 1 aliphatic heterocycles. The number of rotatable bonds is 7. The summed E-state index contributed by atoms with van der Waals surface area (Å²) in [6, 6.07) is 3.14. The number of aromatic nitrogens is 3. The van der Waals surface area contributed by atoms with Crippen LogP contribution in [0.4, 0.5) is 13.2 Å². The number of nitrogens with zero attached hydrogens (tertiary/aromatic N) is 3. The van der Waals surface area contributed by atoms with Crippen LogP contribution in [0.15, 0.2) is 29.8 Å². The maximum Gasteiger partial charge on any atom is 0.387 e. The van der Waals surface area contributed by atoms with Gasteiger partial charge in [-0.05, 0) is 44.9 Å². The summed E-state index contributed by atoms with van der Waals surface area (Å²) < 4.78 is 66.3. The number of ether oxygens (including phenoxy) is 1. The van der Waals surface area contributed by atoms with Crippen molar-refractivity contribution in [2.75, 3.05) is 11.5 Å². The van der Waals surface area contributed by atoms with E-state index in [4.69, 9.17) is 5.10 Å². The van der Waals surface area contributed by atoms with Crippen molar-refractivity contribution in [3.8, 4) is 17.0 Å². The van der Waals surface area contributed by atoms with E-state index in [1.54, 1.807) is 17.8 Å². The predicted molar refractivity (Wildman–Crippen MR) is 135 cm³/mol. The van der Waals surface area contributed by atoms with Gasteiger partial charge in [-0.15, -0.1) is 11.3 Å². The van der Waals surface area contributed by atoms with E-state index in [-0.39, 0.29) is 34.8 Å². The molecule has 3 N–H and O–H groups in total. The monoisotopic (exact) mass is 556 g/mol. The summed E-state index contributed by atoms with van der Waals surface area (Å²) in [5.74, 6) is -1.11. The first-order valence-corrected chi connectivity index (χ1v) is 14.5. The molecule has 3 heterocycles. The van der Waals surface area contributed by atoms with Crippen LogP contribution in [0, 0.1) is 11.7 Å². The average molecular weight is 557 g/mol. The second kappa shape index (κ2) is 9.61. The molecule has 1 aliphatic carbocycles. The Morgan fingerprint density at radius 1 is 1.35 bits per heavy atom. The summed E-state index contributed by atoms with van der Waals surface area (Å²) in [5, 5.41) is 10.3. The first-order valence-electron chi connectivity index (χ1n) is 11.7. The Kier molecular flexibility index (Phi) is 6.75. The zero-order chi connectivity index (χ0) is 26.5. The normalized spacial score (nSPS) is 21.6. The lowest BCUT2D eigenvalue weighted by Gasteiger charge is -2.54. The van der Waals surface area contributed by atoms with E-state index >= 15 is 0 Å². The largest absolute Gasteiger partial charge is 0.435 e. The fraction of sp³-hybridized carbons (Fsp3) is 0.458. The van der Waals surface area contributed by atoms with E-state index in [9.17, 15) is 27.1 Å². The van der Waals surface area contributed by atoms with Crippen LogP contribution < -0.4 is 10.1 Å². The number of amides is 1. The number of alkyl halides is 2. The van der Waals surface area contributed by atoms with Gasteiger partial charge in [0, 0.05) is 40.7 Å². The lowest BCUT2D eigenvalue weighted by molar-refractivity contribution is -0.126. The van der Waals surface area contributed by atoms with Crippen molar-refractivity contribution in [1.29, 1.82) is 0 Å². The molecule has 2 atom stereocenters. The SMILES string of the molecule is CC(c1nccs1)n1nc(-c2cc(OC(F)F)ccc2F)c2c1C[C@H](C(=O)NC1(C)CS(O)(O)C1)CC2. The fourth-order valence-electron chi connectivity index (χ4n) is 5.25. The molecule has 2 aromatic heterocycles. The number of hydrogen-bond donors (Lipinski definition) is 3. The van der Waals surface area contributed by atoms with E-state index < -0.39 is 34.5 Å². The summed E-state index contributed by atoms with van der Waals surface area (Å²) in [4.78, 5) is 17.5. The smallest absolute Gasteiger partial charge is 0.387 e. The maximum atomic E-state index is 14.9. The first-order chi connectivity index (χ1) is 17.4. The highest BCUT2D eigenvalue weighted by Crippen LogP contribution is 2.54. The number of hydrogen-bond acceptors (Lipinski definition) is 7. The van der Waals surface area contributed by atoms with Crippen molar-refractivity contribution in [3.63, 3.8) is 0 Å². The number of thiazole rings is 1. The maximum absolute atomic E-state index is 14.9. The van der Waals surface area contributed by atoms with E-state index in [2.05, 4.69) is 15.0 Å². The molecule has 5 rings (SSSR count). The Balaban J connectivity index is 1.49. The van der Waals surface area contributed by atoms with Gasteiger partial charge in [0.25, 0.3) is 0 Å². The number of benzene rings is 1. The summed E-state index contributed by atoms with van der Waals surface area (Å²) in [7, 11) is -2.63. The van der Waals surface area contributed by atoms with Gasteiger partial charge in [0.05, 0.1) is 22.7 Å². The predicted octanol–water partition coefficient (Wildman–Crippen LogP) is 5.10. The van der Waals surface area contributed by atoms with Crippen LogP contribution in [0.1, 0.15) is 42.6 Å². The van der Waals surface area contributed by atoms with Crippen LogP contribution in [0.2, 0.25) is 0 Å². The third kappa shape index (κ3) is 5.22. The van der Waals surface area contributed by atoms with Crippen molar-refractivity contribution >= 4 is 27.8 Å². The Labute approximate surface area is 217 Å². The second-order valence-corrected chi connectivity index (χ2v) is 13.0. The van der Waals surface area contributed by atoms with Gasteiger partial charge in [-0.2, -0.15) is 24.5 Å². The molecule has 3 aromatic rings. The zero-order valence-corrected chi connectivity index (χ0v) is 21.8. The molecule has 0 spiro atoms. The second-order valence-electron chi connectivity index (χ2n) is 9.87. The minimum atomic E-state index is -3.05. The molecule has 0 bridgehead atoms. The summed E-state index contributed by atoms with van der Waals surface area (Å²) >= 11 is 1.45. The molecule has 0 radical (unpaired) electrons. The number of carbonyl (C=O) groups excluding carboxylic acids is 1. The minimum Gasteiger partial charge on any atom is -0.435 e. The van der Waals surface area contributed by atoms with Gasteiger partial charge < -0.3 is 10.1 Å². The first kappa shape index (κ1) is 26.0. The highest BCUT2D eigenvalue weighted by molar-refractivity contribution is 8.25. The van der Waals surface area contributed by atoms with E-state index in [0.717, 1.165) is 28.4 Å². The zero-order valence-electron chi connectivity index (χ0n) is 20.2. The summed E-state index contributed by atoms with van der Waals surface area (Å²) in [6.45, 7) is 0.656.